The van der Waals surface area contributed by atoms with Crippen molar-refractivity contribution in [3.05, 3.63) is 54.2 Å². The number of nitrogens with zero attached hydrogens (tertiary/aromatic N) is 2. The molecule has 1 amide bonds. The predicted molar refractivity (Wildman–Crippen MR) is 82.8 cm³/mol. The molecule has 0 fully saturated rings. The average molecular weight is 296 g/mol. The Kier molecular flexibility index (Phi) is 3.74. The summed E-state index contributed by atoms with van der Waals surface area (Å²) in [6.07, 6.45) is 4.84. The van der Waals surface area contributed by atoms with Gasteiger partial charge in [-0.3, -0.25) is 14.8 Å². The molecule has 0 aliphatic rings. The number of hydrogen-bond acceptors (Lipinski definition) is 4. The molecule has 0 spiro atoms. The minimum absolute atomic E-state index is 0.187. The van der Waals surface area contributed by atoms with Crippen LogP contribution in [-0.2, 0) is 0 Å². The van der Waals surface area contributed by atoms with Gasteiger partial charge in [0, 0.05) is 23.3 Å². The smallest absolute Gasteiger partial charge is 0.268 e. The summed E-state index contributed by atoms with van der Waals surface area (Å²) in [5, 5.41) is 3.83. The Morgan fingerprint density at radius 3 is 2.91 bits per heavy atom. The lowest BCUT2D eigenvalue weighted by Crippen LogP contribution is -2.27. The van der Waals surface area contributed by atoms with Crippen LogP contribution in [0.3, 0.4) is 0 Å². The van der Waals surface area contributed by atoms with Crippen LogP contribution in [0.1, 0.15) is 29.1 Å². The van der Waals surface area contributed by atoms with Crippen molar-refractivity contribution in [2.75, 3.05) is 7.11 Å². The first-order chi connectivity index (χ1) is 10.7. The molecule has 2 aromatic heterocycles. The van der Waals surface area contributed by atoms with Crippen LogP contribution in [0, 0.1) is 0 Å². The van der Waals surface area contributed by atoms with Crippen molar-refractivity contribution in [2.24, 2.45) is 0 Å². The number of methoxy groups -OCH3 is 1. The number of rotatable bonds is 4. The molecule has 2 N–H and O–H groups in total. The highest BCUT2D eigenvalue weighted by Crippen LogP contribution is 2.21. The number of amides is 1. The number of carbonyl (C=O) groups is 1. The summed E-state index contributed by atoms with van der Waals surface area (Å²) in [6.45, 7) is 1.87. The molecule has 0 saturated heterocycles. The molecule has 0 saturated carbocycles. The van der Waals surface area contributed by atoms with E-state index in [1.165, 1.54) is 0 Å². The molecular formula is C16H16N4O2. The molecule has 3 aromatic rings. The molecule has 22 heavy (non-hydrogen) atoms. The van der Waals surface area contributed by atoms with Gasteiger partial charge in [-0.05, 0) is 31.2 Å². The van der Waals surface area contributed by atoms with Gasteiger partial charge < -0.3 is 15.0 Å². The molecule has 0 aliphatic carbocycles. The Balaban J connectivity index is 1.80. The molecule has 1 atom stereocenters. The lowest BCUT2D eigenvalue weighted by atomic mass is 10.2. The molecule has 6 heteroatoms. The van der Waals surface area contributed by atoms with Gasteiger partial charge in [0.1, 0.15) is 11.4 Å². The number of hydrogen-bond donors (Lipinski definition) is 2. The van der Waals surface area contributed by atoms with E-state index >= 15 is 0 Å². The summed E-state index contributed by atoms with van der Waals surface area (Å²) in [4.78, 5) is 23.6. The van der Waals surface area contributed by atoms with E-state index in [9.17, 15) is 4.79 Å². The molecule has 3 rings (SSSR count). The zero-order chi connectivity index (χ0) is 15.5. The summed E-state index contributed by atoms with van der Waals surface area (Å²) >= 11 is 0. The summed E-state index contributed by atoms with van der Waals surface area (Å²) in [5.74, 6) is 0.569. The number of benzene rings is 1. The largest absolute Gasteiger partial charge is 0.497 e. The molecular weight excluding hydrogens is 280 g/mol. The molecule has 0 aliphatic heterocycles. The number of nitrogens with one attached hydrogen (secondary N) is 2. The van der Waals surface area contributed by atoms with Crippen molar-refractivity contribution in [2.45, 2.75) is 13.0 Å². The van der Waals surface area contributed by atoms with Crippen molar-refractivity contribution in [3.8, 4) is 5.75 Å². The minimum atomic E-state index is -0.220. The maximum absolute atomic E-state index is 12.3. The number of H-pyrrole nitrogens is 1. The first-order valence-electron chi connectivity index (χ1n) is 6.91. The summed E-state index contributed by atoms with van der Waals surface area (Å²) in [7, 11) is 1.62. The second-order valence-electron chi connectivity index (χ2n) is 4.96. The van der Waals surface area contributed by atoms with Crippen LogP contribution < -0.4 is 10.1 Å². The Morgan fingerprint density at radius 2 is 2.18 bits per heavy atom. The highest BCUT2D eigenvalue weighted by Gasteiger charge is 2.14. The minimum Gasteiger partial charge on any atom is -0.497 e. The highest BCUT2D eigenvalue weighted by molar-refractivity contribution is 5.98. The van der Waals surface area contributed by atoms with Crippen LogP contribution in [0.2, 0.25) is 0 Å². The van der Waals surface area contributed by atoms with Crippen molar-refractivity contribution < 1.29 is 9.53 Å². The Hall–Kier alpha value is -2.89. The third-order valence-electron chi connectivity index (χ3n) is 3.45. The first-order valence-corrected chi connectivity index (χ1v) is 6.91. The Bertz CT molecular complexity index is 798. The zero-order valence-corrected chi connectivity index (χ0v) is 12.3. The van der Waals surface area contributed by atoms with Crippen molar-refractivity contribution >= 4 is 16.8 Å². The maximum Gasteiger partial charge on any atom is 0.268 e. The number of ether oxygens (including phenoxy) is 1. The molecule has 0 bridgehead atoms. The van der Waals surface area contributed by atoms with Crippen LogP contribution in [-0.4, -0.2) is 28.0 Å². The van der Waals surface area contributed by atoms with Gasteiger partial charge in [0.05, 0.1) is 25.0 Å². The fourth-order valence-corrected chi connectivity index (χ4v) is 2.24. The van der Waals surface area contributed by atoms with E-state index in [4.69, 9.17) is 4.74 Å². The van der Waals surface area contributed by atoms with Gasteiger partial charge in [-0.2, -0.15) is 0 Å². The van der Waals surface area contributed by atoms with Crippen LogP contribution >= 0.6 is 0 Å². The topological polar surface area (TPSA) is 79.9 Å². The quantitative estimate of drug-likeness (QED) is 0.775. The zero-order valence-electron chi connectivity index (χ0n) is 12.3. The van der Waals surface area contributed by atoms with E-state index in [2.05, 4.69) is 20.3 Å². The number of aromatic amines is 1. The molecule has 2 heterocycles. The van der Waals surface area contributed by atoms with Gasteiger partial charge >= 0.3 is 0 Å². The van der Waals surface area contributed by atoms with Gasteiger partial charge in [-0.15, -0.1) is 0 Å². The van der Waals surface area contributed by atoms with Gasteiger partial charge in [0.25, 0.3) is 5.91 Å². The lowest BCUT2D eigenvalue weighted by Gasteiger charge is -2.11. The van der Waals surface area contributed by atoms with Crippen molar-refractivity contribution in [3.63, 3.8) is 0 Å². The predicted octanol–water partition coefficient (Wildman–Crippen LogP) is 2.46. The third-order valence-corrected chi connectivity index (χ3v) is 3.45. The van der Waals surface area contributed by atoms with Gasteiger partial charge in [-0.1, -0.05) is 0 Å². The number of aromatic nitrogens is 3. The number of carbonyl (C=O) groups excluding carboxylic acids is 1. The Labute approximate surface area is 127 Å². The fourth-order valence-electron chi connectivity index (χ4n) is 2.24. The molecule has 112 valence electrons. The molecule has 1 unspecified atom stereocenters. The van der Waals surface area contributed by atoms with Crippen LogP contribution in [0.15, 0.2) is 42.9 Å². The first kappa shape index (κ1) is 14.1. The maximum atomic E-state index is 12.3. The molecule has 1 aromatic carbocycles. The molecule has 6 nitrogen and oxygen atoms in total. The van der Waals surface area contributed by atoms with E-state index < -0.39 is 0 Å². The van der Waals surface area contributed by atoms with Crippen molar-refractivity contribution in [1.82, 2.24) is 20.3 Å². The van der Waals surface area contributed by atoms with E-state index in [1.54, 1.807) is 31.8 Å². The average Bonchev–Trinajstić information content (AvgIpc) is 2.98. The summed E-state index contributed by atoms with van der Waals surface area (Å²) in [6, 6.07) is 7.20. The fraction of sp³-hybridized carbons (Fsp3) is 0.188. The summed E-state index contributed by atoms with van der Waals surface area (Å²) < 4.78 is 5.18. The summed E-state index contributed by atoms with van der Waals surface area (Å²) in [5.41, 5.74) is 2.10. The van der Waals surface area contributed by atoms with Crippen LogP contribution in [0.5, 0.6) is 5.75 Å². The van der Waals surface area contributed by atoms with E-state index in [1.807, 2.05) is 25.1 Å². The van der Waals surface area contributed by atoms with Gasteiger partial charge in [0.2, 0.25) is 0 Å². The van der Waals surface area contributed by atoms with E-state index in [0.29, 0.717) is 11.4 Å². The highest BCUT2D eigenvalue weighted by atomic mass is 16.5. The molecule has 0 radical (unpaired) electrons. The van der Waals surface area contributed by atoms with Gasteiger partial charge in [-0.25, -0.2) is 0 Å². The lowest BCUT2D eigenvalue weighted by molar-refractivity contribution is 0.0935. The third kappa shape index (κ3) is 2.76. The van der Waals surface area contributed by atoms with E-state index in [0.717, 1.165) is 16.7 Å². The SMILES string of the molecule is COc1ccc2[nH]c(C(=O)NC(C)c3cnccn3)cc2c1. The Morgan fingerprint density at radius 1 is 1.32 bits per heavy atom. The second kappa shape index (κ2) is 5.85. The van der Waals surface area contributed by atoms with Crippen LogP contribution in [0.4, 0.5) is 0 Å². The van der Waals surface area contributed by atoms with E-state index in [-0.39, 0.29) is 11.9 Å². The monoisotopic (exact) mass is 296 g/mol. The normalized spacial score (nSPS) is 12.1. The number of fused-ring (bicyclic) bond motifs is 1. The standard InChI is InChI=1S/C16H16N4O2/c1-10(15-9-17-5-6-18-15)19-16(21)14-8-11-7-12(22-2)3-4-13(11)20-14/h3-10,20H,1-2H3,(H,19,21). The van der Waals surface area contributed by atoms with Crippen LogP contribution in [0.25, 0.3) is 10.9 Å². The van der Waals surface area contributed by atoms with Gasteiger partial charge in [0.15, 0.2) is 0 Å². The van der Waals surface area contributed by atoms with Crippen molar-refractivity contribution in [1.29, 1.82) is 0 Å². The second-order valence-corrected chi connectivity index (χ2v) is 4.96.